The van der Waals surface area contributed by atoms with Gasteiger partial charge < -0.3 is 19.8 Å². The summed E-state index contributed by atoms with van der Waals surface area (Å²) in [4.78, 5) is 21.5. The van der Waals surface area contributed by atoms with Crippen LogP contribution >= 0.6 is 0 Å². The Bertz CT molecular complexity index is 2620. The summed E-state index contributed by atoms with van der Waals surface area (Å²) in [5, 5.41) is 19.2. The third-order valence-electron chi connectivity index (χ3n) is 12.7. The van der Waals surface area contributed by atoms with Crippen molar-refractivity contribution in [1.29, 1.82) is 10.5 Å². The molecule has 65 heavy (non-hydrogen) atoms. The van der Waals surface area contributed by atoms with E-state index in [1.807, 2.05) is 18.2 Å². The van der Waals surface area contributed by atoms with Crippen molar-refractivity contribution >= 4 is 28.4 Å². The Morgan fingerprint density at radius 2 is 1.29 bits per heavy atom. The summed E-state index contributed by atoms with van der Waals surface area (Å²) < 4.78 is 0. The van der Waals surface area contributed by atoms with Crippen LogP contribution in [0.25, 0.3) is 32.2 Å². The molecule has 9 heteroatoms. The molecule has 0 saturated heterocycles. The van der Waals surface area contributed by atoms with Gasteiger partial charge in [-0.1, -0.05) is 91.6 Å². The predicted octanol–water partition coefficient (Wildman–Crippen LogP) is 14.1. The maximum absolute atomic E-state index is 9.88. The average Bonchev–Trinajstić information content (AvgIpc) is 3.71. The van der Waals surface area contributed by atoms with E-state index in [0.29, 0.717) is 45.5 Å². The first kappa shape index (κ1) is 46.4. The van der Waals surface area contributed by atoms with Gasteiger partial charge in [0.05, 0.1) is 6.57 Å². The van der Waals surface area contributed by atoms with Gasteiger partial charge in [-0.05, 0) is 123 Å². The van der Waals surface area contributed by atoms with Crippen molar-refractivity contribution < 1.29 is 20.1 Å². The molecule has 3 heterocycles. The van der Waals surface area contributed by atoms with Crippen LogP contribution in [0.15, 0.2) is 97.1 Å². The topological polar surface area (TPSA) is 88.6 Å². The first-order valence-corrected chi connectivity index (χ1v) is 22.6. The molecule has 0 unspecified atom stereocenters. The van der Waals surface area contributed by atoms with Crippen LogP contribution in [0.5, 0.6) is 0 Å². The summed E-state index contributed by atoms with van der Waals surface area (Å²) in [6, 6.07) is 45.8. The quantitative estimate of drug-likeness (QED) is 0.100. The maximum Gasteiger partial charge on any atom is 0.236 e. The smallest absolute Gasteiger partial charge is 0.236 e. The Hall–Kier alpha value is -6.61. The van der Waals surface area contributed by atoms with Crippen molar-refractivity contribution in [2.75, 3.05) is 16.8 Å². The van der Waals surface area contributed by atoms with Gasteiger partial charge >= 0.3 is 0 Å². The van der Waals surface area contributed by atoms with Gasteiger partial charge in [0.1, 0.15) is 6.57 Å². The summed E-state index contributed by atoms with van der Waals surface area (Å²) in [6.07, 6.45) is 15.7. The van der Waals surface area contributed by atoms with Crippen LogP contribution in [0, 0.1) is 60.7 Å². The standard InChI is InChI=1S/C42H38N6.C14H12N2.Ir/c1-45-35-18-20-38(34(24-35)28-44)41-25-32(30-11-5-3-6-12-30)22-36(47-41)15-9-10-16-37-23-33(31-13-7-4-8-14-31)26-42(48-37)39-19-17-29(27-43)21-40(39)46-2;1-15-11-16(12-7-3-2-4-8-12)14-10-6-5-9-13(14)15;/h17-18,21-26,30-31H,3-16H2;2-7,9-11H,1H3;/q2*-2;. The van der Waals surface area contributed by atoms with Crippen molar-refractivity contribution in [3.05, 3.63) is 178 Å². The normalized spacial score (nSPS) is 14.7. The second-order valence-corrected chi connectivity index (χ2v) is 17.0. The number of fused-ring (bicyclic) bond motifs is 1. The van der Waals surface area contributed by atoms with Gasteiger partial charge in [0, 0.05) is 55.0 Å². The molecule has 8 nitrogen and oxygen atoms in total. The summed E-state index contributed by atoms with van der Waals surface area (Å²) in [7, 11) is 2.06. The molecular weight excluding hydrogens is 977 g/mol. The second kappa shape index (κ2) is 22.3. The van der Waals surface area contributed by atoms with E-state index in [2.05, 4.69) is 118 Å². The molecule has 0 amide bonds. The number of aromatic nitrogens is 2. The van der Waals surface area contributed by atoms with E-state index in [1.165, 1.54) is 86.7 Å². The monoisotopic (exact) mass is 1030 g/mol. The van der Waals surface area contributed by atoms with E-state index < -0.39 is 0 Å². The number of hydrogen-bond acceptors (Lipinski definition) is 6. The zero-order chi connectivity index (χ0) is 44.3. The van der Waals surface area contributed by atoms with Crippen LogP contribution in [0.1, 0.15) is 123 Å². The van der Waals surface area contributed by atoms with E-state index in [4.69, 9.17) is 23.1 Å². The first-order valence-electron chi connectivity index (χ1n) is 22.6. The van der Waals surface area contributed by atoms with Crippen molar-refractivity contribution in [1.82, 2.24) is 9.97 Å². The number of rotatable bonds is 10. The van der Waals surface area contributed by atoms with Crippen molar-refractivity contribution in [3.8, 4) is 34.7 Å². The minimum Gasteiger partial charge on any atom is -0.504 e. The number of unbranched alkanes of at least 4 members (excludes halogenated alkanes) is 1. The number of nitriles is 2. The van der Waals surface area contributed by atoms with E-state index >= 15 is 0 Å². The molecule has 2 saturated carbocycles. The predicted molar refractivity (Wildman–Crippen MR) is 254 cm³/mol. The number of anilines is 3. The van der Waals surface area contributed by atoms with E-state index in [9.17, 15) is 10.5 Å². The Balaban J connectivity index is 0.000000309. The Morgan fingerprint density at radius 1 is 0.692 bits per heavy atom. The summed E-state index contributed by atoms with van der Waals surface area (Å²) in [6.45, 7) is 17.2. The molecule has 1 radical (unpaired) electrons. The molecular formula is C56H50IrN8-4. The van der Waals surface area contributed by atoms with Gasteiger partial charge in [-0.3, -0.25) is 0 Å². The Morgan fingerprint density at radius 3 is 1.86 bits per heavy atom. The Kier molecular flexibility index (Phi) is 15.9. The molecule has 4 aromatic carbocycles. The molecule has 0 spiro atoms. The fourth-order valence-electron chi connectivity index (χ4n) is 9.37. The fourth-order valence-corrected chi connectivity index (χ4v) is 9.37. The van der Waals surface area contributed by atoms with Crippen LogP contribution in [-0.2, 0) is 32.9 Å². The second-order valence-electron chi connectivity index (χ2n) is 17.0. The number of hydrogen-bond donors (Lipinski definition) is 0. The summed E-state index contributed by atoms with van der Waals surface area (Å²) in [5.41, 5.74) is 12.7. The molecule has 0 N–H and O–H groups in total. The van der Waals surface area contributed by atoms with Crippen LogP contribution in [0.3, 0.4) is 0 Å². The third kappa shape index (κ3) is 11.2. The fraction of sp³-hybridized carbons (Fsp3) is 0.304. The molecule has 327 valence electrons. The molecule has 2 fully saturated rings. The van der Waals surface area contributed by atoms with Gasteiger partial charge in [-0.15, -0.1) is 29.4 Å². The molecule has 3 aliphatic rings. The van der Waals surface area contributed by atoms with Gasteiger partial charge in [0.2, 0.25) is 5.69 Å². The van der Waals surface area contributed by atoms with E-state index in [1.54, 1.807) is 24.3 Å². The van der Waals surface area contributed by atoms with Crippen molar-refractivity contribution in [3.63, 3.8) is 0 Å². The molecule has 0 bridgehead atoms. The van der Waals surface area contributed by atoms with Gasteiger partial charge in [-0.2, -0.15) is 41.8 Å². The molecule has 1 aliphatic heterocycles. The first-order chi connectivity index (χ1) is 31.4. The largest absolute Gasteiger partial charge is 0.504 e. The zero-order valence-corrected chi connectivity index (χ0v) is 39.2. The number of pyridine rings is 2. The number of aryl methyl sites for hydroxylation is 2. The summed E-state index contributed by atoms with van der Waals surface area (Å²) in [5.74, 6) is 0.995. The SMILES string of the molecule is CN1[CH-]N(c2[c-]cccc2)c2ccccc21.[C-]#[N+]c1c[c-]c(-c2cc(C3CCCCC3)cc(CCCCc3cc(C4CCCCC4)cc(-c4[c-]cc(C#N)cc4[N+]#[C-])n3)n2)c(C#N)c1.[Ir]. The van der Waals surface area contributed by atoms with Gasteiger partial charge in [0.25, 0.3) is 0 Å². The van der Waals surface area contributed by atoms with Gasteiger partial charge in [-0.25, -0.2) is 15.4 Å². The molecule has 2 aliphatic carbocycles. The summed E-state index contributed by atoms with van der Waals surface area (Å²) >= 11 is 0. The van der Waals surface area contributed by atoms with Crippen LogP contribution in [0.2, 0.25) is 0 Å². The van der Waals surface area contributed by atoms with Crippen LogP contribution < -0.4 is 9.80 Å². The van der Waals surface area contributed by atoms with Gasteiger partial charge in [0.15, 0.2) is 5.69 Å². The molecule has 6 aromatic rings. The number of para-hydroxylation sites is 3. The van der Waals surface area contributed by atoms with E-state index in [-0.39, 0.29) is 20.1 Å². The molecule has 0 atom stereocenters. The Labute approximate surface area is 398 Å². The van der Waals surface area contributed by atoms with Crippen LogP contribution in [0.4, 0.5) is 28.4 Å². The number of nitrogens with zero attached hydrogens (tertiary/aromatic N) is 8. The minimum absolute atomic E-state index is 0. The van der Waals surface area contributed by atoms with Crippen molar-refractivity contribution in [2.45, 2.75) is 102 Å². The minimum atomic E-state index is 0. The molecule has 9 rings (SSSR count). The maximum atomic E-state index is 9.88. The van der Waals surface area contributed by atoms with E-state index in [0.717, 1.165) is 54.1 Å². The van der Waals surface area contributed by atoms with Crippen molar-refractivity contribution in [2.24, 2.45) is 0 Å². The number of benzene rings is 4. The van der Waals surface area contributed by atoms with Crippen LogP contribution in [-0.4, -0.2) is 17.0 Å². The third-order valence-corrected chi connectivity index (χ3v) is 12.7. The average molecular weight is 1030 g/mol. The molecule has 2 aromatic heterocycles. The zero-order valence-electron chi connectivity index (χ0n) is 36.8.